The molecule has 0 spiro atoms. The summed E-state index contributed by atoms with van der Waals surface area (Å²) in [5.74, 6) is 1.87. The molecule has 2 saturated heterocycles. The predicted molar refractivity (Wildman–Crippen MR) is 167 cm³/mol. The molecule has 2 aliphatic rings. The molecule has 0 saturated carbocycles. The summed E-state index contributed by atoms with van der Waals surface area (Å²) in [5.41, 5.74) is 2.11. The average Bonchev–Trinajstić information content (AvgIpc) is 3.52. The number of ether oxygens (including phenoxy) is 2. The Kier molecular flexibility index (Phi) is 9.07. The summed E-state index contributed by atoms with van der Waals surface area (Å²) in [6, 6.07) is 5.80. The van der Waals surface area contributed by atoms with E-state index in [1.54, 1.807) is 13.1 Å². The molecule has 6 rings (SSSR count). The molecule has 44 heavy (non-hydrogen) atoms. The molecule has 230 valence electrons. The molecule has 0 aliphatic carbocycles. The Morgan fingerprint density at radius 2 is 1.82 bits per heavy atom. The summed E-state index contributed by atoms with van der Waals surface area (Å²) < 4.78 is 11.9. The number of hydrogen-bond acceptors (Lipinski definition) is 13. The van der Waals surface area contributed by atoms with Gasteiger partial charge in [-0.3, -0.25) is 4.79 Å². The second kappa shape index (κ2) is 13.5. The number of aromatic nitrogens is 5. The van der Waals surface area contributed by atoms with E-state index < -0.39 is 5.97 Å². The molecule has 1 amide bonds. The number of pyridine rings is 1. The minimum Gasteiger partial charge on any atom is -0.462 e. The number of fused-ring (bicyclic) bond motifs is 1. The van der Waals surface area contributed by atoms with Gasteiger partial charge in [-0.2, -0.15) is 0 Å². The highest BCUT2D eigenvalue weighted by atomic mass is 32.1. The minimum absolute atomic E-state index is 0.0983. The zero-order valence-corrected chi connectivity index (χ0v) is 25.5. The van der Waals surface area contributed by atoms with Crippen molar-refractivity contribution in [1.29, 1.82) is 0 Å². The molecule has 1 unspecified atom stereocenters. The highest BCUT2D eigenvalue weighted by Gasteiger charge is 2.26. The molecule has 0 aromatic carbocycles. The van der Waals surface area contributed by atoms with Gasteiger partial charge in [-0.05, 0) is 37.8 Å². The Labute approximate surface area is 259 Å². The minimum atomic E-state index is -0.421. The lowest BCUT2D eigenvalue weighted by atomic mass is 9.97. The molecule has 0 radical (unpaired) electrons. The lowest BCUT2D eigenvalue weighted by Gasteiger charge is -2.33. The second-order valence-electron chi connectivity index (χ2n) is 10.7. The van der Waals surface area contributed by atoms with E-state index in [2.05, 4.69) is 40.4 Å². The fourth-order valence-corrected chi connectivity index (χ4v) is 6.22. The summed E-state index contributed by atoms with van der Waals surface area (Å²) in [5, 5.41) is 6.14. The van der Waals surface area contributed by atoms with Gasteiger partial charge >= 0.3 is 5.97 Å². The number of morpholine rings is 1. The highest BCUT2D eigenvalue weighted by molar-refractivity contribution is 7.20. The van der Waals surface area contributed by atoms with Crippen molar-refractivity contribution < 1.29 is 19.1 Å². The normalized spacial score (nSPS) is 17.5. The molecule has 13 nitrogen and oxygen atoms in total. The van der Waals surface area contributed by atoms with Crippen molar-refractivity contribution in [2.75, 3.05) is 68.1 Å². The summed E-state index contributed by atoms with van der Waals surface area (Å²) in [6.07, 6.45) is 8.32. The van der Waals surface area contributed by atoms with Crippen LogP contribution >= 0.6 is 11.3 Å². The van der Waals surface area contributed by atoms with Crippen molar-refractivity contribution in [2.45, 2.75) is 25.9 Å². The second-order valence-corrected chi connectivity index (χ2v) is 11.8. The van der Waals surface area contributed by atoms with Gasteiger partial charge in [-0.1, -0.05) is 6.07 Å². The highest BCUT2D eigenvalue weighted by Crippen LogP contribution is 2.29. The van der Waals surface area contributed by atoms with Crippen LogP contribution in [-0.4, -0.2) is 89.8 Å². The van der Waals surface area contributed by atoms with Crippen LogP contribution in [0.25, 0.3) is 10.2 Å². The number of carbonyl (C=O) groups excluding carboxylic acids is 2. The number of esters is 1. The average molecular weight is 618 g/mol. The predicted octanol–water partition coefficient (Wildman–Crippen LogP) is 3.32. The first-order chi connectivity index (χ1) is 21.5. The summed E-state index contributed by atoms with van der Waals surface area (Å²) >= 11 is 1.40. The first-order valence-corrected chi connectivity index (χ1v) is 15.6. The van der Waals surface area contributed by atoms with Gasteiger partial charge in [0, 0.05) is 57.4 Å². The van der Waals surface area contributed by atoms with Crippen LogP contribution in [0.2, 0.25) is 0 Å². The molecule has 1 atom stereocenters. The number of piperidine rings is 1. The third kappa shape index (κ3) is 6.70. The van der Waals surface area contributed by atoms with Crippen molar-refractivity contribution in [3.63, 3.8) is 0 Å². The van der Waals surface area contributed by atoms with Crippen LogP contribution in [0.3, 0.4) is 0 Å². The van der Waals surface area contributed by atoms with E-state index in [4.69, 9.17) is 14.5 Å². The van der Waals surface area contributed by atoms with Crippen molar-refractivity contribution in [2.24, 2.45) is 5.92 Å². The molecule has 4 aromatic rings. The number of anilines is 3. The van der Waals surface area contributed by atoms with Crippen LogP contribution in [0, 0.1) is 5.92 Å². The lowest BCUT2D eigenvalue weighted by Crippen LogP contribution is -2.39. The lowest BCUT2D eigenvalue weighted by molar-refractivity contribution is 0.0390. The maximum absolute atomic E-state index is 13.1. The van der Waals surface area contributed by atoms with Crippen LogP contribution in [0.4, 0.5) is 17.7 Å². The topological polar surface area (TPSA) is 148 Å². The fourth-order valence-electron chi connectivity index (χ4n) is 5.33. The number of hydrogen-bond donors (Lipinski definition) is 2. The maximum atomic E-state index is 13.1. The van der Waals surface area contributed by atoms with Crippen LogP contribution in [0.5, 0.6) is 0 Å². The molecule has 2 N–H and O–H groups in total. The van der Waals surface area contributed by atoms with Crippen molar-refractivity contribution in [3.8, 4) is 0 Å². The molecular weight excluding hydrogens is 582 g/mol. The summed E-state index contributed by atoms with van der Waals surface area (Å²) in [7, 11) is 1.84. The van der Waals surface area contributed by atoms with Crippen molar-refractivity contribution >= 4 is 51.1 Å². The van der Waals surface area contributed by atoms with E-state index in [1.165, 1.54) is 23.7 Å². The fraction of sp³-hybridized carbons (Fsp3) is 0.433. The van der Waals surface area contributed by atoms with Gasteiger partial charge in [0.05, 0.1) is 46.6 Å². The van der Waals surface area contributed by atoms with Crippen LogP contribution < -0.4 is 20.4 Å². The smallest absolute Gasteiger partial charge is 0.341 e. The van der Waals surface area contributed by atoms with E-state index in [9.17, 15) is 9.59 Å². The van der Waals surface area contributed by atoms with Gasteiger partial charge < -0.3 is 29.9 Å². The van der Waals surface area contributed by atoms with Gasteiger partial charge in [0.15, 0.2) is 0 Å². The molecule has 4 aromatic heterocycles. The van der Waals surface area contributed by atoms with Crippen molar-refractivity contribution in [3.05, 3.63) is 59.0 Å². The third-order valence-corrected chi connectivity index (χ3v) is 8.90. The Bertz CT molecular complexity index is 1590. The number of nitrogens with zero attached hydrogens (tertiary/aromatic N) is 7. The maximum Gasteiger partial charge on any atom is 0.341 e. The van der Waals surface area contributed by atoms with E-state index in [0.29, 0.717) is 61.1 Å². The number of thiophene rings is 1. The quantitative estimate of drug-likeness (QED) is 0.266. The van der Waals surface area contributed by atoms with E-state index in [1.807, 2.05) is 31.4 Å². The Hall–Kier alpha value is -4.43. The molecule has 0 bridgehead atoms. The van der Waals surface area contributed by atoms with Gasteiger partial charge in [0.25, 0.3) is 5.91 Å². The molecule has 6 heterocycles. The molecule has 2 fully saturated rings. The van der Waals surface area contributed by atoms with Crippen LogP contribution in [0.15, 0.2) is 43.0 Å². The monoisotopic (exact) mass is 617 g/mol. The van der Waals surface area contributed by atoms with E-state index >= 15 is 0 Å². The van der Waals surface area contributed by atoms with E-state index in [-0.39, 0.29) is 12.0 Å². The van der Waals surface area contributed by atoms with Gasteiger partial charge in [-0.25, -0.2) is 29.7 Å². The number of nitrogens with one attached hydrogen (secondary N) is 2. The first-order valence-electron chi connectivity index (χ1n) is 14.8. The summed E-state index contributed by atoms with van der Waals surface area (Å²) in [4.78, 5) is 52.2. The Balaban J connectivity index is 1.01. The summed E-state index contributed by atoms with van der Waals surface area (Å²) in [6.45, 7) is 6.09. The number of carbonyl (C=O) groups is 2. The molecule has 2 aliphatic heterocycles. The van der Waals surface area contributed by atoms with E-state index in [0.717, 1.165) is 47.5 Å². The standard InChI is InChI=1S/C30H35N9O4S/c1-3-42-28(41)21-15-34-29(35-16-21)38-8-6-19(7-9-38)13-33-27(40)24-12-22-25(44-24)17-36-30(37-22)39-10-11-43-23(18-39)20-4-5-26(31-2)32-14-20/h4-5,12,14-17,19,23H,3,6-11,13,18H2,1-2H3,(H,31,32)(H,33,40). The van der Waals surface area contributed by atoms with Crippen LogP contribution in [-0.2, 0) is 9.47 Å². The number of amides is 1. The molecular formula is C30H35N9O4S. The largest absolute Gasteiger partial charge is 0.462 e. The van der Waals surface area contributed by atoms with Gasteiger partial charge in [-0.15, -0.1) is 11.3 Å². The first kappa shape index (κ1) is 29.6. The molecule has 14 heteroatoms. The van der Waals surface area contributed by atoms with Gasteiger partial charge in [0.1, 0.15) is 11.9 Å². The van der Waals surface area contributed by atoms with Crippen LogP contribution in [0.1, 0.15) is 51.5 Å². The number of rotatable bonds is 9. The zero-order valence-electron chi connectivity index (χ0n) is 24.7. The van der Waals surface area contributed by atoms with Gasteiger partial charge in [0.2, 0.25) is 11.9 Å². The van der Waals surface area contributed by atoms with Crippen molar-refractivity contribution in [1.82, 2.24) is 30.2 Å². The zero-order chi connectivity index (χ0) is 30.5. The Morgan fingerprint density at radius 1 is 1.02 bits per heavy atom. The SMILES string of the molecule is CCOC(=O)c1cnc(N2CCC(CNC(=O)c3cc4nc(N5CCOC(c6ccc(NC)nc6)C5)ncc4s3)CC2)nc1. The third-order valence-electron chi connectivity index (χ3n) is 7.84. The Morgan fingerprint density at radius 3 is 2.55 bits per heavy atom.